The minimum atomic E-state index is -0.477. The molecule has 1 unspecified atom stereocenters. The van der Waals surface area contributed by atoms with Gasteiger partial charge in [-0.3, -0.25) is 0 Å². The molecule has 0 aromatic heterocycles. The Morgan fingerprint density at radius 1 is 1.26 bits per heavy atom. The molecule has 0 bridgehead atoms. The Hall–Kier alpha value is -1.75. The lowest BCUT2D eigenvalue weighted by Gasteiger charge is -2.23. The Balaban J connectivity index is 2.50. The van der Waals surface area contributed by atoms with Gasteiger partial charge in [0, 0.05) is 24.7 Å². The van der Waals surface area contributed by atoms with Crippen LogP contribution in [0.3, 0.4) is 0 Å². The van der Waals surface area contributed by atoms with Crippen molar-refractivity contribution in [3.05, 3.63) is 29.8 Å². The van der Waals surface area contributed by atoms with Crippen LogP contribution in [0.4, 0.5) is 4.79 Å². The van der Waals surface area contributed by atoms with Crippen molar-refractivity contribution in [1.82, 2.24) is 10.6 Å². The molecule has 0 radical (unpaired) electrons. The van der Waals surface area contributed by atoms with Gasteiger partial charge in [0.15, 0.2) is 0 Å². The molecule has 0 fully saturated rings. The number of nitrogens with one attached hydrogen (secondary N) is 2. The first-order valence-corrected chi connectivity index (χ1v) is 8.18. The molecule has 0 aliphatic heterocycles. The van der Waals surface area contributed by atoms with Crippen molar-refractivity contribution in [3.63, 3.8) is 0 Å². The summed E-state index contributed by atoms with van der Waals surface area (Å²) in [5.74, 6) is 0.871. The van der Waals surface area contributed by atoms with Gasteiger partial charge >= 0.3 is 6.09 Å². The van der Waals surface area contributed by atoms with Gasteiger partial charge in [-0.1, -0.05) is 31.5 Å². The van der Waals surface area contributed by atoms with Crippen molar-refractivity contribution in [1.29, 1.82) is 0 Å². The summed E-state index contributed by atoms with van der Waals surface area (Å²) >= 11 is 0. The second-order valence-electron chi connectivity index (χ2n) is 6.56. The molecule has 5 nitrogen and oxygen atoms in total. The summed E-state index contributed by atoms with van der Waals surface area (Å²) in [7, 11) is 1.67. The number of para-hydroxylation sites is 1. The topological polar surface area (TPSA) is 59.6 Å². The smallest absolute Gasteiger partial charge is 0.407 e. The Morgan fingerprint density at radius 2 is 1.96 bits per heavy atom. The molecule has 0 saturated heterocycles. The molecular weight excluding hydrogens is 292 g/mol. The predicted octanol–water partition coefficient (Wildman–Crippen LogP) is 3.48. The number of alkyl carbamates (subject to hydrolysis) is 1. The predicted molar refractivity (Wildman–Crippen MR) is 92.8 cm³/mol. The van der Waals surface area contributed by atoms with Crippen molar-refractivity contribution in [2.75, 3.05) is 13.7 Å². The van der Waals surface area contributed by atoms with Gasteiger partial charge in [0.1, 0.15) is 11.4 Å². The molecule has 23 heavy (non-hydrogen) atoms. The fraction of sp³-hybridized carbons (Fsp3) is 0.611. The van der Waals surface area contributed by atoms with Gasteiger partial charge in [0.05, 0.1) is 7.11 Å². The number of benzene rings is 1. The van der Waals surface area contributed by atoms with Gasteiger partial charge in [-0.2, -0.15) is 0 Å². The maximum Gasteiger partial charge on any atom is 0.407 e. The Morgan fingerprint density at radius 3 is 2.57 bits per heavy atom. The van der Waals surface area contributed by atoms with Crippen LogP contribution >= 0.6 is 0 Å². The summed E-state index contributed by atoms with van der Waals surface area (Å²) in [4.78, 5) is 11.8. The Bertz CT molecular complexity index is 483. The number of carbonyl (C=O) groups excluding carboxylic acids is 1. The van der Waals surface area contributed by atoms with Crippen LogP contribution in [-0.2, 0) is 11.3 Å². The summed E-state index contributed by atoms with van der Waals surface area (Å²) in [6.07, 6.45) is 1.64. The van der Waals surface area contributed by atoms with Crippen LogP contribution in [0.25, 0.3) is 0 Å². The highest BCUT2D eigenvalue weighted by Gasteiger charge is 2.17. The van der Waals surface area contributed by atoms with Crippen LogP contribution in [0.2, 0.25) is 0 Å². The molecule has 1 aromatic carbocycles. The van der Waals surface area contributed by atoms with Crippen LogP contribution in [0.5, 0.6) is 5.75 Å². The first-order chi connectivity index (χ1) is 10.9. The Kier molecular flexibility index (Phi) is 7.89. The number of hydrogen-bond donors (Lipinski definition) is 2. The summed E-state index contributed by atoms with van der Waals surface area (Å²) < 4.78 is 10.6. The zero-order valence-corrected chi connectivity index (χ0v) is 14.9. The van der Waals surface area contributed by atoms with Crippen LogP contribution in [0.15, 0.2) is 24.3 Å². The highest BCUT2D eigenvalue weighted by atomic mass is 16.6. The van der Waals surface area contributed by atoms with Crippen molar-refractivity contribution < 1.29 is 14.3 Å². The second kappa shape index (κ2) is 9.40. The molecule has 1 rings (SSSR count). The third-order valence-corrected chi connectivity index (χ3v) is 3.30. The van der Waals surface area contributed by atoms with Crippen molar-refractivity contribution in [2.24, 2.45) is 0 Å². The van der Waals surface area contributed by atoms with E-state index >= 15 is 0 Å². The average Bonchev–Trinajstić information content (AvgIpc) is 2.48. The maximum absolute atomic E-state index is 11.8. The van der Waals surface area contributed by atoms with E-state index in [0.717, 1.165) is 24.2 Å². The molecule has 0 aliphatic rings. The zero-order chi connectivity index (χ0) is 17.3. The van der Waals surface area contributed by atoms with Crippen LogP contribution in [0.1, 0.15) is 46.1 Å². The normalized spacial score (nSPS) is 12.6. The van der Waals surface area contributed by atoms with Crippen LogP contribution < -0.4 is 15.4 Å². The lowest BCUT2D eigenvalue weighted by Crippen LogP contribution is -2.42. The number of amides is 1. The van der Waals surface area contributed by atoms with E-state index in [1.807, 2.05) is 45.0 Å². The van der Waals surface area contributed by atoms with E-state index in [1.54, 1.807) is 7.11 Å². The molecule has 0 saturated carbocycles. The van der Waals surface area contributed by atoms with Crippen molar-refractivity contribution >= 4 is 6.09 Å². The number of ether oxygens (including phenoxy) is 2. The summed E-state index contributed by atoms with van der Waals surface area (Å²) in [6, 6.07) is 8.13. The molecule has 0 spiro atoms. The molecule has 2 N–H and O–H groups in total. The monoisotopic (exact) mass is 322 g/mol. The van der Waals surface area contributed by atoms with E-state index in [4.69, 9.17) is 9.47 Å². The largest absolute Gasteiger partial charge is 0.496 e. The second-order valence-corrected chi connectivity index (χ2v) is 6.56. The average molecular weight is 322 g/mol. The number of hydrogen-bond acceptors (Lipinski definition) is 4. The van der Waals surface area contributed by atoms with Crippen LogP contribution in [0, 0.1) is 0 Å². The summed E-state index contributed by atoms with van der Waals surface area (Å²) in [6.45, 7) is 8.94. The molecule has 0 heterocycles. The maximum atomic E-state index is 11.8. The SMILES string of the molecule is CCCC(CNC(=O)OC(C)(C)C)NCc1ccccc1OC. The number of methoxy groups -OCH3 is 1. The molecule has 5 heteroatoms. The third-order valence-electron chi connectivity index (χ3n) is 3.30. The first-order valence-electron chi connectivity index (χ1n) is 8.18. The quantitative estimate of drug-likeness (QED) is 0.769. The van der Waals surface area contributed by atoms with E-state index in [2.05, 4.69) is 17.6 Å². The lowest BCUT2D eigenvalue weighted by atomic mass is 10.1. The highest BCUT2D eigenvalue weighted by Crippen LogP contribution is 2.17. The van der Waals surface area contributed by atoms with Gasteiger partial charge in [-0.15, -0.1) is 0 Å². The van der Waals surface area contributed by atoms with E-state index in [0.29, 0.717) is 13.1 Å². The number of rotatable bonds is 8. The van der Waals surface area contributed by atoms with E-state index in [1.165, 1.54) is 0 Å². The fourth-order valence-electron chi connectivity index (χ4n) is 2.25. The van der Waals surface area contributed by atoms with E-state index in [-0.39, 0.29) is 12.1 Å². The molecule has 1 amide bonds. The van der Waals surface area contributed by atoms with Gasteiger partial charge < -0.3 is 20.1 Å². The first kappa shape index (κ1) is 19.3. The van der Waals surface area contributed by atoms with Gasteiger partial charge in [-0.05, 0) is 33.3 Å². The highest BCUT2D eigenvalue weighted by molar-refractivity contribution is 5.67. The van der Waals surface area contributed by atoms with Gasteiger partial charge in [0.2, 0.25) is 0 Å². The molecule has 1 aromatic rings. The van der Waals surface area contributed by atoms with Crippen molar-refractivity contribution in [2.45, 2.75) is 58.7 Å². The zero-order valence-electron chi connectivity index (χ0n) is 14.9. The van der Waals surface area contributed by atoms with Crippen molar-refractivity contribution in [3.8, 4) is 5.75 Å². The third kappa shape index (κ3) is 7.88. The van der Waals surface area contributed by atoms with Crippen LogP contribution in [-0.4, -0.2) is 31.4 Å². The molecule has 0 aliphatic carbocycles. The van der Waals surface area contributed by atoms with E-state index < -0.39 is 5.60 Å². The minimum Gasteiger partial charge on any atom is -0.496 e. The Labute approximate surface area is 139 Å². The molecular formula is C18H30N2O3. The summed E-state index contributed by atoms with van der Waals surface area (Å²) in [5.41, 5.74) is 0.628. The lowest BCUT2D eigenvalue weighted by molar-refractivity contribution is 0.0521. The standard InChI is InChI=1S/C18H30N2O3/c1-6-9-15(13-20-17(21)23-18(2,3)4)19-12-14-10-7-8-11-16(14)22-5/h7-8,10-11,15,19H,6,9,12-13H2,1-5H3,(H,20,21). The number of carbonyl (C=O) groups is 1. The van der Waals surface area contributed by atoms with E-state index in [9.17, 15) is 4.79 Å². The molecule has 1 atom stereocenters. The van der Waals surface area contributed by atoms with Gasteiger partial charge in [0.25, 0.3) is 0 Å². The van der Waals surface area contributed by atoms with Gasteiger partial charge in [-0.25, -0.2) is 4.79 Å². The fourth-order valence-corrected chi connectivity index (χ4v) is 2.25. The molecule has 130 valence electrons. The summed E-state index contributed by atoms with van der Waals surface area (Å²) in [5, 5.41) is 6.31. The minimum absolute atomic E-state index is 0.192.